The highest BCUT2D eigenvalue weighted by Gasteiger charge is 2.28. The maximum Gasteiger partial charge on any atom is 0.408 e. The van der Waals surface area contributed by atoms with Gasteiger partial charge in [0.25, 0.3) is 0 Å². The lowest BCUT2D eigenvalue weighted by Crippen LogP contribution is -2.33. The molecule has 4 nitrogen and oxygen atoms in total. The van der Waals surface area contributed by atoms with Crippen molar-refractivity contribution in [1.82, 2.24) is 10.4 Å². The first-order valence-electron chi connectivity index (χ1n) is 6.64. The molecule has 3 rings (SSSR count). The molecule has 0 aromatic carbocycles. The van der Waals surface area contributed by atoms with Gasteiger partial charge in [-0.05, 0) is 25.7 Å². The van der Waals surface area contributed by atoms with Crippen molar-refractivity contribution in [2.75, 3.05) is 18.1 Å². The number of anilines is 1. The lowest BCUT2D eigenvalue weighted by atomic mass is 10.0. The molecular formula is C12H15F3N4S. The zero-order valence-corrected chi connectivity index (χ0v) is 11.7. The Kier molecular flexibility index (Phi) is 3.57. The lowest BCUT2D eigenvalue weighted by Gasteiger charge is -2.13. The molecule has 2 heterocycles. The minimum absolute atomic E-state index is 0.385. The predicted octanol–water partition coefficient (Wildman–Crippen LogP) is 2.70. The quantitative estimate of drug-likeness (QED) is 0.913. The van der Waals surface area contributed by atoms with Crippen molar-refractivity contribution in [1.29, 1.82) is 0 Å². The third kappa shape index (κ3) is 3.05. The van der Waals surface area contributed by atoms with Gasteiger partial charge in [0.2, 0.25) is 5.13 Å². The number of thiazole rings is 1. The number of hydrazine groups is 1. The summed E-state index contributed by atoms with van der Waals surface area (Å²) >= 11 is 1.63. The number of nitrogens with zero attached hydrogens (tertiary/aromatic N) is 3. The molecule has 0 radical (unpaired) electrons. The van der Waals surface area contributed by atoms with Gasteiger partial charge < -0.3 is 0 Å². The van der Waals surface area contributed by atoms with Crippen LogP contribution in [-0.4, -0.2) is 30.1 Å². The Morgan fingerprint density at radius 2 is 2.05 bits per heavy atom. The summed E-state index contributed by atoms with van der Waals surface area (Å²) in [5.74, 6) is 0.385. The summed E-state index contributed by atoms with van der Waals surface area (Å²) in [6.07, 6.45) is 0.690. The van der Waals surface area contributed by atoms with E-state index in [1.165, 1.54) is 17.7 Å². The van der Waals surface area contributed by atoms with Gasteiger partial charge in [-0.15, -0.1) is 11.3 Å². The van der Waals surface area contributed by atoms with E-state index in [9.17, 15) is 13.2 Å². The van der Waals surface area contributed by atoms with Crippen LogP contribution < -0.4 is 10.4 Å². The number of fused-ring (bicyclic) bond motifs is 1. The normalized spacial score (nSPS) is 21.1. The van der Waals surface area contributed by atoms with E-state index >= 15 is 0 Å². The van der Waals surface area contributed by atoms with E-state index in [1.807, 2.05) is 0 Å². The standard InChI is InChI=1S/C12H15F3N4S/c13-12(14,15)7-16-10-5-6-19(18-10)11-17-8-3-1-2-4-9(8)20-11/h1-7H2,(H,16,18). The maximum atomic E-state index is 12.1. The second kappa shape index (κ2) is 5.23. The molecule has 0 amide bonds. The van der Waals surface area contributed by atoms with Gasteiger partial charge >= 0.3 is 6.18 Å². The second-order valence-electron chi connectivity index (χ2n) is 4.96. The molecule has 8 heteroatoms. The fourth-order valence-electron chi connectivity index (χ4n) is 2.38. The second-order valence-corrected chi connectivity index (χ2v) is 6.03. The van der Waals surface area contributed by atoms with Crippen LogP contribution in [0.5, 0.6) is 0 Å². The van der Waals surface area contributed by atoms with E-state index in [-0.39, 0.29) is 0 Å². The first kappa shape index (κ1) is 13.7. The van der Waals surface area contributed by atoms with Crippen LogP contribution in [0.25, 0.3) is 0 Å². The zero-order valence-electron chi connectivity index (χ0n) is 10.8. The Hall–Kier alpha value is -1.31. The SMILES string of the molecule is FC(F)(F)CN=C1CCN(c2nc3c(s2)CCCC3)N1. The van der Waals surface area contributed by atoms with E-state index in [0.717, 1.165) is 23.7 Å². The number of aryl methyl sites for hydroxylation is 2. The number of halogens is 3. The number of hydrogen-bond donors (Lipinski definition) is 1. The molecule has 0 saturated carbocycles. The van der Waals surface area contributed by atoms with Crippen LogP contribution >= 0.6 is 11.3 Å². The fourth-order valence-corrected chi connectivity index (χ4v) is 3.52. The molecule has 20 heavy (non-hydrogen) atoms. The first-order valence-corrected chi connectivity index (χ1v) is 7.46. The van der Waals surface area contributed by atoms with Crippen LogP contribution in [0.2, 0.25) is 0 Å². The largest absolute Gasteiger partial charge is 0.408 e. The van der Waals surface area contributed by atoms with Crippen molar-refractivity contribution in [2.45, 2.75) is 38.3 Å². The van der Waals surface area contributed by atoms with Gasteiger partial charge in [-0.1, -0.05) is 0 Å². The minimum Gasteiger partial charge on any atom is -0.283 e. The molecule has 0 unspecified atom stereocenters. The summed E-state index contributed by atoms with van der Waals surface area (Å²) in [6, 6.07) is 0. The van der Waals surface area contributed by atoms with Crippen LogP contribution in [0.4, 0.5) is 18.3 Å². The van der Waals surface area contributed by atoms with E-state index in [0.29, 0.717) is 18.8 Å². The Morgan fingerprint density at radius 3 is 2.80 bits per heavy atom. The van der Waals surface area contributed by atoms with Gasteiger partial charge in [0, 0.05) is 17.8 Å². The number of rotatable bonds is 2. The van der Waals surface area contributed by atoms with Crippen molar-refractivity contribution >= 4 is 22.3 Å². The molecule has 2 aliphatic rings. The number of aliphatic imine (C=N–C) groups is 1. The van der Waals surface area contributed by atoms with Crippen molar-refractivity contribution in [3.8, 4) is 0 Å². The van der Waals surface area contributed by atoms with Gasteiger partial charge in [-0.2, -0.15) is 13.2 Å². The molecule has 1 fully saturated rings. The van der Waals surface area contributed by atoms with Crippen molar-refractivity contribution < 1.29 is 13.2 Å². The van der Waals surface area contributed by atoms with Gasteiger partial charge in [0.1, 0.15) is 12.4 Å². The molecule has 0 atom stereocenters. The summed E-state index contributed by atoms with van der Waals surface area (Å²) < 4.78 is 36.4. The van der Waals surface area contributed by atoms with Gasteiger partial charge in [-0.25, -0.2) is 4.98 Å². The number of amidine groups is 1. The number of hydrogen-bond acceptors (Lipinski definition) is 4. The molecule has 1 N–H and O–H groups in total. The van der Waals surface area contributed by atoms with E-state index in [2.05, 4.69) is 15.4 Å². The molecule has 1 aromatic heterocycles. The van der Waals surface area contributed by atoms with Crippen molar-refractivity contribution in [2.24, 2.45) is 4.99 Å². The highest BCUT2D eigenvalue weighted by atomic mass is 32.1. The maximum absolute atomic E-state index is 12.1. The molecule has 1 aliphatic carbocycles. The average Bonchev–Trinajstić information content (AvgIpc) is 3.01. The van der Waals surface area contributed by atoms with Crippen LogP contribution in [0, 0.1) is 0 Å². The van der Waals surface area contributed by atoms with E-state index in [4.69, 9.17) is 0 Å². The Labute approximate surface area is 118 Å². The first-order chi connectivity index (χ1) is 9.51. The highest BCUT2D eigenvalue weighted by Crippen LogP contribution is 2.32. The molecule has 0 bridgehead atoms. The van der Waals surface area contributed by atoms with Crippen molar-refractivity contribution in [3.63, 3.8) is 0 Å². The number of nitrogens with one attached hydrogen (secondary N) is 1. The van der Waals surface area contributed by atoms with Gasteiger partial charge in [-0.3, -0.25) is 15.4 Å². The Bertz CT molecular complexity index is 500. The third-order valence-corrected chi connectivity index (χ3v) is 4.53. The fraction of sp³-hybridized carbons (Fsp3) is 0.667. The molecule has 110 valence electrons. The molecule has 1 saturated heterocycles. The topological polar surface area (TPSA) is 40.5 Å². The molecule has 0 spiro atoms. The predicted molar refractivity (Wildman–Crippen MR) is 72.2 cm³/mol. The number of aromatic nitrogens is 1. The van der Waals surface area contributed by atoms with Crippen LogP contribution in [0.3, 0.4) is 0 Å². The third-order valence-electron chi connectivity index (χ3n) is 3.35. The molecule has 1 aliphatic heterocycles. The molecular weight excluding hydrogens is 289 g/mol. The van der Waals surface area contributed by atoms with Gasteiger partial charge in [0.05, 0.1) is 5.69 Å². The highest BCUT2D eigenvalue weighted by molar-refractivity contribution is 7.15. The summed E-state index contributed by atoms with van der Waals surface area (Å²) in [5, 5.41) is 2.65. The van der Waals surface area contributed by atoms with Crippen LogP contribution in [0.15, 0.2) is 4.99 Å². The summed E-state index contributed by atoms with van der Waals surface area (Å²) in [4.78, 5) is 9.46. The summed E-state index contributed by atoms with van der Waals surface area (Å²) in [5.41, 5.74) is 4.07. The average molecular weight is 304 g/mol. The summed E-state index contributed by atoms with van der Waals surface area (Å²) in [7, 11) is 0. The van der Waals surface area contributed by atoms with E-state index < -0.39 is 12.7 Å². The summed E-state index contributed by atoms with van der Waals surface area (Å²) in [6.45, 7) is -0.513. The minimum atomic E-state index is -4.25. The van der Waals surface area contributed by atoms with E-state index in [1.54, 1.807) is 16.3 Å². The smallest absolute Gasteiger partial charge is 0.283 e. The number of alkyl halides is 3. The molecule has 1 aromatic rings. The zero-order chi connectivity index (χ0) is 14.2. The van der Waals surface area contributed by atoms with Crippen LogP contribution in [0.1, 0.15) is 29.8 Å². The van der Waals surface area contributed by atoms with Crippen LogP contribution in [-0.2, 0) is 12.8 Å². The Morgan fingerprint density at radius 1 is 1.25 bits per heavy atom. The Balaban J connectivity index is 1.66. The van der Waals surface area contributed by atoms with Crippen molar-refractivity contribution in [3.05, 3.63) is 10.6 Å². The lowest BCUT2D eigenvalue weighted by molar-refractivity contribution is -0.118. The monoisotopic (exact) mass is 304 g/mol. The van der Waals surface area contributed by atoms with Gasteiger partial charge in [0.15, 0.2) is 0 Å².